The number of thiophene rings is 1. The quantitative estimate of drug-likeness (QED) is 0.681. The maximum absolute atomic E-state index is 5.56. The van der Waals surface area contributed by atoms with Crippen LogP contribution in [0.3, 0.4) is 0 Å². The molecule has 5 heteroatoms. The Morgan fingerprint density at radius 2 is 2.00 bits per heavy atom. The number of hydrogen-bond acceptors (Lipinski definition) is 5. The van der Waals surface area contributed by atoms with E-state index in [1.165, 1.54) is 0 Å². The number of benzene rings is 1. The highest BCUT2D eigenvalue weighted by Crippen LogP contribution is 2.38. The fourth-order valence-electron chi connectivity index (χ4n) is 1.65. The van der Waals surface area contributed by atoms with Gasteiger partial charge in [-0.1, -0.05) is 18.2 Å². The Hall–Kier alpha value is -2.01. The molecule has 2 heterocycles. The molecule has 0 saturated carbocycles. The molecule has 1 aliphatic heterocycles. The van der Waals surface area contributed by atoms with Crippen LogP contribution in [-0.2, 0) is 0 Å². The molecular formula is C13H12N2O2S. The molecule has 4 nitrogen and oxygen atoms in total. The number of rotatable bonds is 3. The van der Waals surface area contributed by atoms with Crippen molar-refractivity contribution in [1.29, 1.82) is 0 Å². The first-order chi connectivity index (χ1) is 8.93. The third kappa shape index (κ3) is 2.31. The molecule has 0 atom stereocenters. The first kappa shape index (κ1) is 11.1. The van der Waals surface area contributed by atoms with Gasteiger partial charge in [-0.15, -0.1) is 11.3 Å². The number of ether oxygens (including phenoxy) is 2. The zero-order valence-corrected chi connectivity index (χ0v) is 10.4. The van der Waals surface area contributed by atoms with Gasteiger partial charge in [0, 0.05) is 5.38 Å². The molecule has 0 saturated heterocycles. The van der Waals surface area contributed by atoms with Gasteiger partial charge in [0.15, 0.2) is 11.5 Å². The predicted molar refractivity (Wildman–Crippen MR) is 73.0 cm³/mol. The fraction of sp³-hybridized carbons (Fsp3) is 0.154. The number of hydrazone groups is 1. The minimum atomic E-state index is 0.594. The molecule has 2 aromatic rings. The first-order valence-corrected chi connectivity index (χ1v) is 6.52. The molecular weight excluding hydrogens is 248 g/mol. The lowest BCUT2D eigenvalue weighted by molar-refractivity contribution is 0.173. The Morgan fingerprint density at radius 1 is 1.17 bits per heavy atom. The molecule has 1 aromatic carbocycles. The summed E-state index contributed by atoms with van der Waals surface area (Å²) in [5.41, 5.74) is 3.92. The number of para-hydroxylation sites is 1. The fourth-order valence-corrected chi connectivity index (χ4v) is 2.44. The van der Waals surface area contributed by atoms with Crippen LogP contribution in [0.1, 0.15) is 4.88 Å². The number of nitrogens with zero attached hydrogens (tertiary/aromatic N) is 1. The summed E-state index contributed by atoms with van der Waals surface area (Å²) in [6.07, 6.45) is 1.76. The molecule has 18 heavy (non-hydrogen) atoms. The van der Waals surface area contributed by atoms with Gasteiger partial charge in [0.05, 0.1) is 16.8 Å². The SMILES string of the molecule is C(=N\Nc1ccccc1)/c1scc2c1OCCO2. The second-order valence-corrected chi connectivity index (χ2v) is 4.64. The van der Waals surface area contributed by atoms with Crippen molar-refractivity contribution in [3.8, 4) is 11.5 Å². The zero-order valence-electron chi connectivity index (χ0n) is 9.63. The molecule has 0 bridgehead atoms. The van der Waals surface area contributed by atoms with Crippen LogP contribution in [0.5, 0.6) is 11.5 Å². The van der Waals surface area contributed by atoms with Gasteiger partial charge in [0.1, 0.15) is 13.2 Å². The van der Waals surface area contributed by atoms with Gasteiger partial charge in [-0.05, 0) is 12.1 Å². The Labute approximate surface area is 109 Å². The van der Waals surface area contributed by atoms with Gasteiger partial charge in [0.2, 0.25) is 0 Å². The molecule has 0 spiro atoms. The van der Waals surface area contributed by atoms with Crippen molar-refractivity contribution >= 4 is 23.2 Å². The van der Waals surface area contributed by atoms with E-state index in [9.17, 15) is 0 Å². The number of fused-ring (bicyclic) bond motifs is 1. The maximum atomic E-state index is 5.56. The maximum Gasteiger partial charge on any atom is 0.180 e. The number of anilines is 1. The summed E-state index contributed by atoms with van der Waals surface area (Å²) in [6, 6.07) is 9.81. The van der Waals surface area contributed by atoms with E-state index < -0.39 is 0 Å². The van der Waals surface area contributed by atoms with Crippen LogP contribution in [0.15, 0.2) is 40.8 Å². The van der Waals surface area contributed by atoms with Crippen molar-refractivity contribution in [2.75, 3.05) is 18.6 Å². The molecule has 1 N–H and O–H groups in total. The van der Waals surface area contributed by atoms with Gasteiger partial charge in [0.25, 0.3) is 0 Å². The Bertz CT molecular complexity index is 551. The van der Waals surface area contributed by atoms with Crippen LogP contribution in [-0.4, -0.2) is 19.4 Å². The standard InChI is InChI=1S/C13H12N2O2S/c1-2-4-10(5-3-1)15-14-8-12-13-11(9-18-12)16-6-7-17-13/h1-5,8-9,15H,6-7H2/b14-8+. The van der Waals surface area contributed by atoms with Crippen molar-refractivity contribution in [1.82, 2.24) is 0 Å². The van der Waals surface area contributed by atoms with Crippen LogP contribution in [0, 0.1) is 0 Å². The largest absolute Gasteiger partial charge is 0.485 e. The van der Waals surface area contributed by atoms with Crippen molar-refractivity contribution in [3.05, 3.63) is 40.6 Å². The molecule has 0 fully saturated rings. The average Bonchev–Trinajstić information content (AvgIpc) is 2.84. The van der Waals surface area contributed by atoms with Crippen molar-refractivity contribution < 1.29 is 9.47 Å². The lowest BCUT2D eigenvalue weighted by Gasteiger charge is -2.14. The van der Waals surface area contributed by atoms with E-state index in [4.69, 9.17) is 9.47 Å². The van der Waals surface area contributed by atoms with E-state index in [-0.39, 0.29) is 0 Å². The molecule has 1 aliphatic rings. The topological polar surface area (TPSA) is 42.9 Å². The average molecular weight is 260 g/mol. The molecule has 92 valence electrons. The summed E-state index contributed by atoms with van der Waals surface area (Å²) in [7, 11) is 0. The smallest absolute Gasteiger partial charge is 0.180 e. The van der Waals surface area contributed by atoms with Crippen LogP contribution in [0.2, 0.25) is 0 Å². The normalized spacial score (nSPS) is 13.8. The van der Waals surface area contributed by atoms with Crippen molar-refractivity contribution in [2.24, 2.45) is 5.10 Å². The molecule has 0 radical (unpaired) electrons. The van der Waals surface area contributed by atoms with E-state index in [1.54, 1.807) is 17.6 Å². The summed E-state index contributed by atoms with van der Waals surface area (Å²) in [6.45, 7) is 1.21. The highest BCUT2D eigenvalue weighted by molar-refractivity contribution is 7.12. The van der Waals surface area contributed by atoms with E-state index in [1.807, 2.05) is 35.7 Å². The second-order valence-electron chi connectivity index (χ2n) is 3.73. The van der Waals surface area contributed by atoms with Crippen LogP contribution >= 0.6 is 11.3 Å². The molecule has 0 amide bonds. The van der Waals surface area contributed by atoms with Gasteiger partial charge in [-0.2, -0.15) is 5.10 Å². The van der Waals surface area contributed by atoms with Gasteiger partial charge in [-0.3, -0.25) is 5.43 Å². The van der Waals surface area contributed by atoms with E-state index in [2.05, 4.69) is 10.5 Å². The lowest BCUT2D eigenvalue weighted by Crippen LogP contribution is -2.14. The van der Waals surface area contributed by atoms with E-state index in [0.29, 0.717) is 13.2 Å². The summed E-state index contributed by atoms with van der Waals surface area (Å²) < 4.78 is 11.0. The highest BCUT2D eigenvalue weighted by Gasteiger charge is 2.17. The second kappa shape index (κ2) is 5.10. The Balaban J connectivity index is 1.71. The third-order valence-electron chi connectivity index (χ3n) is 2.48. The summed E-state index contributed by atoms with van der Waals surface area (Å²) in [5, 5.41) is 6.13. The minimum absolute atomic E-state index is 0.594. The zero-order chi connectivity index (χ0) is 12.2. The molecule has 0 aliphatic carbocycles. The predicted octanol–water partition coefficient (Wildman–Crippen LogP) is 2.97. The molecule has 1 aromatic heterocycles. The van der Waals surface area contributed by atoms with Gasteiger partial charge in [-0.25, -0.2) is 0 Å². The highest BCUT2D eigenvalue weighted by atomic mass is 32.1. The Kier molecular flexibility index (Phi) is 3.14. The van der Waals surface area contributed by atoms with Gasteiger partial charge >= 0.3 is 0 Å². The molecule has 0 unspecified atom stereocenters. The first-order valence-electron chi connectivity index (χ1n) is 5.65. The van der Waals surface area contributed by atoms with Crippen LogP contribution in [0.25, 0.3) is 0 Å². The summed E-state index contributed by atoms with van der Waals surface area (Å²) in [4.78, 5) is 0.966. The number of nitrogens with one attached hydrogen (secondary N) is 1. The summed E-state index contributed by atoms with van der Waals surface area (Å²) in [5.74, 6) is 1.61. The monoisotopic (exact) mass is 260 g/mol. The minimum Gasteiger partial charge on any atom is -0.485 e. The lowest BCUT2D eigenvalue weighted by atomic mass is 10.3. The van der Waals surface area contributed by atoms with E-state index >= 15 is 0 Å². The van der Waals surface area contributed by atoms with Crippen molar-refractivity contribution in [3.63, 3.8) is 0 Å². The van der Waals surface area contributed by atoms with Crippen molar-refractivity contribution in [2.45, 2.75) is 0 Å². The van der Waals surface area contributed by atoms with Gasteiger partial charge < -0.3 is 9.47 Å². The van der Waals surface area contributed by atoms with E-state index in [0.717, 1.165) is 22.1 Å². The van der Waals surface area contributed by atoms with Crippen LogP contribution in [0.4, 0.5) is 5.69 Å². The Morgan fingerprint density at radius 3 is 2.89 bits per heavy atom. The van der Waals surface area contributed by atoms with Crippen LogP contribution < -0.4 is 14.9 Å². The summed E-state index contributed by atoms with van der Waals surface area (Å²) >= 11 is 1.56. The third-order valence-corrected chi connectivity index (χ3v) is 3.35. The molecule has 3 rings (SSSR count). The number of hydrogen-bond donors (Lipinski definition) is 1.